The van der Waals surface area contributed by atoms with Crippen LogP contribution in [0, 0.1) is 0 Å². The van der Waals surface area contributed by atoms with E-state index in [0.717, 1.165) is 38.3 Å². The van der Waals surface area contributed by atoms with Gasteiger partial charge in [0.25, 0.3) is 0 Å². The molecule has 6 aliphatic heterocycles. The van der Waals surface area contributed by atoms with Crippen LogP contribution in [0.4, 0.5) is 0 Å². The summed E-state index contributed by atoms with van der Waals surface area (Å²) in [6, 6.07) is 95.5. The van der Waals surface area contributed by atoms with Crippen LogP contribution in [0.15, 0.2) is 279 Å². The quantitative estimate of drug-likeness (QED) is 0.128. The van der Waals surface area contributed by atoms with Gasteiger partial charge in [0.1, 0.15) is 0 Å². The van der Waals surface area contributed by atoms with Gasteiger partial charge in [-0.1, -0.05) is 279 Å². The lowest BCUT2D eigenvalue weighted by Gasteiger charge is -2.32. The first-order valence-electron chi connectivity index (χ1n) is 41.0. The van der Waals surface area contributed by atoms with Crippen LogP contribution in [0.25, 0.3) is 54.9 Å². The average molecular weight is 1550 g/mol. The zero-order valence-corrected chi connectivity index (χ0v) is 72.9. The van der Waals surface area contributed by atoms with E-state index in [1.54, 1.807) is 0 Å². The molecule has 600 valence electrons. The third-order valence-corrected chi connectivity index (χ3v) is 25.6. The monoisotopic (exact) mass is 1550 g/mol. The molecular weight excluding hydrogens is 1430 g/mol. The van der Waals surface area contributed by atoms with Crippen molar-refractivity contribution in [2.45, 2.75) is 233 Å². The molecule has 11 aromatic carbocycles. The van der Waals surface area contributed by atoms with Crippen LogP contribution in [0.5, 0.6) is 0 Å². The summed E-state index contributed by atoms with van der Waals surface area (Å²) in [6.45, 7) is 49.8. The fourth-order valence-electron chi connectivity index (χ4n) is 13.8. The van der Waals surface area contributed by atoms with Gasteiger partial charge in [0.15, 0.2) is 0 Å². The van der Waals surface area contributed by atoms with Gasteiger partial charge >= 0.3 is 42.7 Å². The minimum absolute atomic E-state index is 0.240. The summed E-state index contributed by atoms with van der Waals surface area (Å²) in [6.07, 6.45) is 0. The molecule has 0 atom stereocenters. The Labute approximate surface area is 694 Å². The summed E-state index contributed by atoms with van der Waals surface area (Å²) in [4.78, 5) is 0. The van der Waals surface area contributed by atoms with Crippen molar-refractivity contribution in [1.82, 2.24) is 0 Å². The number of benzene rings is 11. The van der Waals surface area contributed by atoms with Crippen LogP contribution in [-0.4, -0.2) is 110 Å². The second kappa shape index (κ2) is 33.9. The van der Waals surface area contributed by atoms with Crippen LogP contribution in [0.3, 0.4) is 0 Å². The van der Waals surface area contributed by atoms with Crippen molar-refractivity contribution in [3.63, 3.8) is 0 Å². The molecule has 0 N–H and O–H groups in total. The fourth-order valence-corrected chi connectivity index (χ4v) is 13.8. The molecule has 6 aliphatic rings. The Bertz CT molecular complexity index is 5000. The molecule has 18 heteroatoms. The predicted octanol–water partition coefficient (Wildman–Crippen LogP) is 19.2. The SMILES string of the molecule is CC1(C)OB(c2ccc(-c3ccccc3)cc2)OC1(C)C.CC1(C)OB(c2ccc3ccccc3c2)OC1(C)C.CC1(C)OB(c2cccc(-c3ccccc3)c2)OC1(C)C.CC1(C)OB(c2cccc3ccccc23)OC1(C)C.CC1(C)OB(c2ccccc2)OC1(C)C.CC1(C)OB(c2ccccc2-c2ccccc2)OC1(C)C. The van der Waals surface area contributed by atoms with Crippen LogP contribution < -0.4 is 32.8 Å². The van der Waals surface area contributed by atoms with E-state index in [1.165, 1.54) is 49.4 Å². The summed E-state index contributed by atoms with van der Waals surface area (Å²) in [5, 5.41) is 4.87. The molecule has 11 aromatic rings. The molecule has 6 saturated heterocycles. The highest BCUT2D eigenvalue weighted by molar-refractivity contribution is 6.66. The van der Waals surface area contributed by atoms with E-state index in [4.69, 9.17) is 55.9 Å². The zero-order chi connectivity index (χ0) is 83.7. The van der Waals surface area contributed by atoms with Gasteiger partial charge in [-0.3, -0.25) is 0 Å². The van der Waals surface area contributed by atoms with E-state index in [2.05, 4.69) is 391 Å². The predicted molar refractivity (Wildman–Crippen MR) is 484 cm³/mol. The van der Waals surface area contributed by atoms with Crippen molar-refractivity contribution in [1.29, 1.82) is 0 Å². The molecule has 0 aromatic heterocycles. The highest BCUT2D eigenvalue weighted by Gasteiger charge is 2.57. The first kappa shape index (κ1) is 87.2. The van der Waals surface area contributed by atoms with Gasteiger partial charge in [-0.2, -0.15) is 0 Å². The smallest absolute Gasteiger partial charge is 0.399 e. The van der Waals surface area contributed by atoms with E-state index >= 15 is 0 Å². The van der Waals surface area contributed by atoms with Gasteiger partial charge in [0, 0.05) is 0 Å². The van der Waals surface area contributed by atoms with Crippen LogP contribution >= 0.6 is 0 Å². The molecule has 0 unspecified atom stereocenters. The second-order valence-corrected chi connectivity index (χ2v) is 37.0. The summed E-state index contributed by atoms with van der Waals surface area (Å²) in [7, 11) is -1.74. The largest absolute Gasteiger partial charge is 0.495 e. The van der Waals surface area contributed by atoms with Crippen LogP contribution in [0.2, 0.25) is 0 Å². The average Bonchev–Trinajstić information content (AvgIpc) is 1.64. The Morgan fingerprint density at radius 2 is 0.422 bits per heavy atom. The number of rotatable bonds is 9. The Morgan fingerprint density at radius 1 is 0.164 bits per heavy atom. The molecule has 0 radical (unpaired) electrons. The highest BCUT2D eigenvalue weighted by Crippen LogP contribution is 2.43. The topological polar surface area (TPSA) is 111 Å². The molecule has 0 amide bonds. The first-order valence-corrected chi connectivity index (χ1v) is 41.0. The third kappa shape index (κ3) is 19.3. The lowest BCUT2D eigenvalue weighted by Crippen LogP contribution is -2.41. The standard InChI is InChI=1S/3C18H21BO2.2C16H19BO2.C12H17BO2/c1-17(2)18(3,4)21-19(20-17)16-13-9-8-12-15(16)14-10-6-5-7-11-14;1-17(2)18(3,4)21-19(20-17)16-12-8-11-15(13-16)14-9-6-5-7-10-14;1-17(2)18(3,4)21-19(20-17)16-12-10-15(11-13-16)14-8-6-5-7-9-14;1-15(2)16(3,4)19-17(18-15)14-11-7-9-12-8-5-6-10-13(12)14;1-15(2)16(3,4)19-17(18-15)14-10-9-12-7-5-6-8-13(12)11-14;1-11(2)12(3,4)15-13(14-11)10-8-6-5-7-9-10/h3*5-13H,1-4H3;2*5-11H,1-4H3;5-9H,1-4H3. The van der Waals surface area contributed by atoms with Gasteiger partial charge in [0.05, 0.1) is 67.2 Å². The van der Waals surface area contributed by atoms with E-state index < -0.39 is 0 Å². The van der Waals surface area contributed by atoms with Gasteiger partial charge in [-0.15, -0.1) is 0 Å². The second-order valence-electron chi connectivity index (χ2n) is 37.0. The Morgan fingerprint density at radius 3 is 0.862 bits per heavy atom. The molecule has 0 saturated carbocycles. The normalized spacial score (nSPS) is 20.6. The van der Waals surface area contributed by atoms with Crippen molar-refractivity contribution < 1.29 is 55.9 Å². The maximum atomic E-state index is 6.19. The highest BCUT2D eigenvalue weighted by atomic mass is 16.7. The molecule has 12 nitrogen and oxygen atoms in total. The molecule has 6 fully saturated rings. The lowest BCUT2D eigenvalue weighted by atomic mass is 9.74. The van der Waals surface area contributed by atoms with Crippen LogP contribution in [0.1, 0.15) is 166 Å². The summed E-state index contributed by atoms with van der Waals surface area (Å²) >= 11 is 0. The van der Waals surface area contributed by atoms with Gasteiger partial charge in [0.2, 0.25) is 0 Å². The third-order valence-electron chi connectivity index (χ3n) is 25.6. The summed E-state index contributed by atoms with van der Waals surface area (Å²) in [5.41, 5.74) is 10.1. The summed E-state index contributed by atoms with van der Waals surface area (Å²) < 4.78 is 73.0. The molecule has 0 aliphatic carbocycles. The van der Waals surface area contributed by atoms with Gasteiger partial charge in [-0.25, -0.2) is 0 Å². The Kier molecular flexibility index (Phi) is 25.5. The fraction of sp³-hybridized carbons (Fsp3) is 0.367. The van der Waals surface area contributed by atoms with Crippen molar-refractivity contribution >= 4 is 97.0 Å². The molecule has 6 heterocycles. The van der Waals surface area contributed by atoms with E-state index in [-0.39, 0.29) is 110 Å². The lowest BCUT2D eigenvalue weighted by molar-refractivity contribution is 0.00578. The molecule has 17 rings (SSSR count). The minimum Gasteiger partial charge on any atom is -0.399 e. The molecule has 116 heavy (non-hydrogen) atoms. The van der Waals surface area contributed by atoms with Gasteiger partial charge < -0.3 is 55.9 Å². The number of hydrogen-bond acceptors (Lipinski definition) is 12. The summed E-state index contributed by atoms with van der Waals surface area (Å²) in [5.74, 6) is 0. The Hall–Kier alpha value is -8.15. The Balaban J connectivity index is 0.000000129. The minimum atomic E-state index is -0.327. The van der Waals surface area contributed by atoms with Gasteiger partial charge in [-0.05, 0) is 254 Å². The number of fused-ring (bicyclic) bond motifs is 2. The first-order chi connectivity index (χ1) is 54.4. The van der Waals surface area contributed by atoms with Crippen LogP contribution in [-0.2, 0) is 55.9 Å². The van der Waals surface area contributed by atoms with Crippen molar-refractivity contribution in [2.75, 3.05) is 0 Å². The van der Waals surface area contributed by atoms with E-state index in [1.807, 2.05) is 54.6 Å². The van der Waals surface area contributed by atoms with Crippen molar-refractivity contribution in [3.8, 4) is 33.4 Å². The molecule has 0 spiro atoms. The number of hydrogen-bond donors (Lipinski definition) is 0. The van der Waals surface area contributed by atoms with Crippen molar-refractivity contribution in [2.24, 2.45) is 0 Å². The van der Waals surface area contributed by atoms with Crippen molar-refractivity contribution in [3.05, 3.63) is 279 Å². The zero-order valence-electron chi connectivity index (χ0n) is 72.9. The van der Waals surface area contributed by atoms with E-state index in [0.29, 0.717) is 0 Å². The molecular formula is C98H118B6O12. The van der Waals surface area contributed by atoms with E-state index in [9.17, 15) is 0 Å². The molecule has 0 bridgehead atoms. The maximum Gasteiger partial charge on any atom is 0.495 e. The maximum absolute atomic E-state index is 6.19.